The lowest BCUT2D eigenvalue weighted by Crippen LogP contribution is -2.54. The maximum atomic E-state index is 13.3. The van der Waals surface area contributed by atoms with E-state index in [1.54, 1.807) is 31.5 Å². The van der Waals surface area contributed by atoms with E-state index in [-0.39, 0.29) is 35.8 Å². The van der Waals surface area contributed by atoms with Gasteiger partial charge in [0, 0.05) is 81.9 Å². The molecule has 5 amide bonds. The molecule has 3 aromatic carbocycles. The largest absolute Gasteiger partial charge is 0.494 e. The Labute approximate surface area is 396 Å². The van der Waals surface area contributed by atoms with Crippen LogP contribution in [-0.2, 0) is 30.8 Å². The number of methoxy groups -OCH3 is 1. The first-order valence-corrected chi connectivity index (χ1v) is 25.0. The summed E-state index contributed by atoms with van der Waals surface area (Å²) >= 11 is 3.54. The molecule has 5 aliphatic rings. The van der Waals surface area contributed by atoms with E-state index in [9.17, 15) is 32.4 Å². The number of nitrogens with zero attached hydrogens (tertiary/aromatic N) is 6. The van der Waals surface area contributed by atoms with Crippen LogP contribution in [0.2, 0.25) is 0 Å². The van der Waals surface area contributed by atoms with Crippen molar-refractivity contribution in [3.05, 3.63) is 81.5 Å². The van der Waals surface area contributed by atoms with Gasteiger partial charge < -0.3 is 35.8 Å². The normalized spacial score (nSPS) is 19.7. The zero-order valence-corrected chi connectivity index (χ0v) is 39.8. The molecule has 0 spiro atoms. The maximum Gasteiger partial charge on any atom is 0.262 e. The number of hydrogen-bond donors (Lipinski definition) is 5. The number of benzene rings is 3. The Bertz CT molecular complexity index is 2790. The molecule has 0 radical (unpaired) electrons. The lowest BCUT2D eigenvalue weighted by atomic mass is 10.0. The third-order valence-corrected chi connectivity index (χ3v) is 14.9. The minimum absolute atomic E-state index is 0.0280. The first-order valence-electron chi connectivity index (χ1n) is 22.4. The fourth-order valence-corrected chi connectivity index (χ4v) is 11.0. The highest BCUT2D eigenvalue weighted by molar-refractivity contribution is 9.10. The summed E-state index contributed by atoms with van der Waals surface area (Å²) in [6.45, 7) is 6.32. The first kappa shape index (κ1) is 45.8. The van der Waals surface area contributed by atoms with E-state index in [1.165, 1.54) is 10.6 Å². The van der Waals surface area contributed by atoms with E-state index in [1.807, 2.05) is 35.2 Å². The second kappa shape index (κ2) is 18.8. The van der Waals surface area contributed by atoms with Crippen molar-refractivity contribution >= 4 is 95.7 Å². The number of aromatic nitrogens is 2. The van der Waals surface area contributed by atoms with Crippen LogP contribution in [0.1, 0.15) is 63.9 Å². The third kappa shape index (κ3) is 9.36. The molecule has 1 aromatic heterocycles. The van der Waals surface area contributed by atoms with Gasteiger partial charge in [0.25, 0.3) is 11.8 Å². The number of para-hydroxylation sites is 1. The smallest absolute Gasteiger partial charge is 0.262 e. The average molecular weight is 999 g/mol. The summed E-state index contributed by atoms with van der Waals surface area (Å²) in [6, 6.07) is 14.0. The van der Waals surface area contributed by atoms with Crippen molar-refractivity contribution in [1.82, 2.24) is 30.8 Å². The highest BCUT2D eigenvalue weighted by Crippen LogP contribution is 2.41. The topological polar surface area (TPSA) is 228 Å². The van der Waals surface area contributed by atoms with Crippen molar-refractivity contribution in [3.8, 4) is 5.75 Å². The minimum atomic E-state index is -3.46. The first-order chi connectivity index (χ1) is 32.2. The Balaban J connectivity index is 0.738. The van der Waals surface area contributed by atoms with Crippen molar-refractivity contribution < 1.29 is 37.1 Å². The van der Waals surface area contributed by atoms with Crippen LogP contribution in [0.3, 0.4) is 0 Å². The number of carbonyl (C=O) groups excluding carboxylic acids is 5. The van der Waals surface area contributed by atoms with Gasteiger partial charge in [0.15, 0.2) is 0 Å². The Morgan fingerprint density at radius 3 is 2.43 bits per heavy atom. The molecule has 3 saturated heterocycles. The maximum absolute atomic E-state index is 13.3. The molecule has 19 nitrogen and oxygen atoms in total. The van der Waals surface area contributed by atoms with Crippen molar-refractivity contribution in [1.29, 1.82) is 0 Å². The summed E-state index contributed by atoms with van der Waals surface area (Å²) in [6.07, 6.45) is 6.11. The standard InChI is InChI=1S/C46H52BrN11O8S/c1-26-21-35(52-46-50-24-33(47)41(54-46)51-34-6-4-5-27-12-20-57(40(27)34)67(3,64)65)38(66-2)23-37(26)55-18-13-29(14-19-55)48-15-16-49-42(60)28-11-17-56(25-28)30-7-8-31-32(22-30)45(63)58(44(31)62)36-9-10-39(59)53-43(36)61/h4-8,21-24,28-29,36,48H,9-20,25H2,1-3H3,(H,49,60)(H,53,59,61)(H2,50,51,52,54)/t28-,36?/m0/s1. The van der Waals surface area contributed by atoms with E-state index < -0.39 is 39.7 Å². The molecular formula is C46H52BrN11O8S. The number of anilines is 7. The summed E-state index contributed by atoms with van der Waals surface area (Å²) in [7, 11) is -1.84. The lowest BCUT2D eigenvalue weighted by Gasteiger charge is -2.35. The summed E-state index contributed by atoms with van der Waals surface area (Å²) in [5, 5.41) is 15.5. The van der Waals surface area contributed by atoms with Crippen LogP contribution in [0, 0.1) is 12.8 Å². The Morgan fingerprint density at radius 2 is 1.67 bits per heavy atom. The highest BCUT2D eigenvalue weighted by atomic mass is 79.9. The van der Waals surface area contributed by atoms with Crippen LogP contribution < -0.4 is 45.4 Å². The number of rotatable bonds is 14. The van der Waals surface area contributed by atoms with Gasteiger partial charge in [-0.25, -0.2) is 13.4 Å². The van der Waals surface area contributed by atoms with Gasteiger partial charge in [-0.05, 0) is 96.4 Å². The van der Waals surface area contributed by atoms with Gasteiger partial charge in [0.1, 0.15) is 17.6 Å². The van der Waals surface area contributed by atoms with Gasteiger partial charge >= 0.3 is 0 Å². The SMILES string of the molecule is COc1cc(N2CCC(NCCNC(=O)[C@H]3CCN(c4ccc5c(c4)C(=O)N(C4CCC(=O)NC4=O)C5=O)C3)CC2)c(C)cc1Nc1ncc(Br)c(Nc2cccc3c2N(S(C)(=O)=O)CC3)n1. The van der Waals surface area contributed by atoms with Gasteiger partial charge in [-0.3, -0.25) is 38.5 Å². The predicted molar refractivity (Wildman–Crippen MR) is 256 cm³/mol. The number of imide groups is 2. The number of fused-ring (bicyclic) bond motifs is 2. The molecule has 6 heterocycles. The van der Waals surface area contributed by atoms with E-state index >= 15 is 0 Å². The van der Waals surface area contributed by atoms with Gasteiger partial charge in [0.2, 0.25) is 33.7 Å². The van der Waals surface area contributed by atoms with Crippen molar-refractivity contribution in [2.75, 3.05) is 83.9 Å². The molecular weight excluding hydrogens is 947 g/mol. The second-order valence-corrected chi connectivity index (χ2v) is 20.3. The minimum Gasteiger partial charge on any atom is -0.494 e. The number of nitrogens with one attached hydrogen (secondary N) is 5. The Kier molecular flexibility index (Phi) is 12.8. The average Bonchev–Trinajstić information content (AvgIpc) is 4.04. The van der Waals surface area contributed by atoms with Gasteiger partial charge in [-0.1, -0.05) is 12.1 Å². The molecule has 4 aromatic rings. The molecule has 0 saturated carbocycles. The van der Waals surface area contributed by atoms with Crippen molar-refractivity contribution in [2.24, 2.45) is 5.92 Å². The fourth-order valence-electron chi connectivity index (χ4n) is 9.70. The quantitative estimate of drug-likeness (QED) is 0.0890. The van der Waals surface area contributed by atoms with Gasteiger partial charge in [-0.15, -0.1) is 0 Å². The predicted octanol–water partition coefficient (Wildman–Crippen LogP) is 3.97. The molecule has 5 N–H and O–H groups in total. The van der Waals surface area contributed by atoms with Crippen LogP contribution in [-0.4, -0.2) is 124 Å². The third-order valence-electron chi connectivity index (χ3n) is 13.2. The fraction of sp³-hybridized carbons (Fsp3) is 0.413. The number of carbonyl (C=O) groups is 5. The van der Waals surface area contributed by atoms with Crippen LogP contribution in [0.4, 0.5) is 40.2 Å². The zero-order valence-electron chi connectivity index (χ0n) is 37.4. The van der Waals surface area contributed by atoms with E-state index in [0.717, 1.165) is 53.3 Å². The number of amides is 5. The molecule has 67 heavy (non-hydrogen) atoms. The van der Waals surface area contributed by atoms with Gasteiger partial charge in [0.05, 0.1) is 51.9 Å². The number of aryl methyl sites for hydroxylation is 1. The number of halogens is 1. The molecule has 2 atom stereocenters. The number of hydrogen-bond acceptors (Lipinski definition) is 15. The molecule has 9 rings (SSSR count). The van der Waals surface area contributed by atoms with E-state index in [4.69, 9.17) is 9.72 Å². The summed E-state index contributed by atoms with van der Waals surface area (Å²) in [5.41, 5.74) is 6.18. The molecule has 21 heteroatoms. The van der Waals surface area contributed by atoms with Crippen LogP contribution in [0.25, 0.3) is 0 Å². The molecule has 0 bridgehead atoms. The number of sulfonamides is 1. The van der Waals surface area contributed by atoms with E-state index in [2.05, 4.69) is 59.3 Å². The Hall–Kier alpha value is -6.32. The molecule has 352 valence electrons. The number of ether oxygens (including phenoxy) is 1. The van der Waals surface area contributed by atoms with Crippen molar-refractivity contribution in [3.63, 3.8) is 0 Å². The monoisotopic (exact) mass is 997 g/mol. The highest BCUT2D eigenvalue weighted by Gasteiger charge is 2.45. The van der Waals surface area contributed by atoms with Gasteiger partial charge in [-0.2, -0.15) is 4.98 Å². The van der Waals surface area contributed by atoms with Crippen LogP contribution in [0.5, 0.6) is 5.75 Å². The van der Waals surface area contributed by atoms with Crippen molar-refractivity contribution in [2.45, 2.75) is 57.5 Å². The summed E-state index contributed by atoms with van der Waals surface area (Å²) < 4.78 is 33.0. The lowest BCUT2D eigenvalue weighted by molar-refractivity contribution is -0.136. The Morgan fingerprint density at radius 1 is 0.896 bits per heavy atom. The summed E-state index contributed by atoms with van der Waals surface area (Å²) in [5.74, 6) is -1.01. The number of piperidine rings is 2. The molecule has 3 fully saturated rings. The second-order valence-electron chi connectivity index (χ2n) is 17.5. The van der Waals surface area contributed by atoms with E-state index in [0.29, 0.717) is 90.7 Å². The molecule has 0 aliphatic carbocycles. The molecule has 1 unspecified atom stereocenters. The van der Waals surface area contributed by atoms with Crippen LogP contribution >= 0.6 is 15.9 Å². The van der Waals surface area contributed by atoms with Crippen LogP contribution in [0.15, 0.2) is 59.2 Å². The molecule has 5 aliphatic heterocycles. The summed E-state index contributed by atoms with van der Waals surface area (Å²) in [4.78, 5) is 78.3. The zero-order chi connectivity index (χ0) is 47.1.